The monoisotopic (exact) mass is 294 g/mol. The Hall–Kier alpha value is -2.38. The minimum atomic E-state index is -0.0559. The lowest BCUT2D eigenvalue weighted by Crippen LogP contribution is -1.93. The fourth-order valence-corrected chi connectivity index (χ4v) is 2.07. The maximum atomic E-state index is 12.0. The van der Waals surface area contributed by atoms with Crippen LogP contribution in [0.15, 0.2) is 61.7 Å². The van der Waals surface area contributed by atoms with Crippen molar-refractivity contribution in [2.75, 3.05) is 0 Å². The van der Waals surface area contributed by atoms with Crippen LogP contribution in [0.1, 0.15) is 27.0 Å². The van der Waals surface area contributed by atoms with Gasteiger partial charge in [0.05, 0.1) is 0 Å². The predicted molar refractivity (Wildman–Crippen MR) is 91.4 cm³/mol. The molecular formula is C19H15ClO. The largest absolute Gasteiger partial charge is 0.289 e. The van der Waals surface area contributed by atoms with Crippen molar-refractivity contribution in [3.05, 3.63) is 89.0 Å². The first-order valence-corrected chi connectivity index (χ1v) is 6.89. The predicted octanol–water partition coefficient (Wildman–Crippen LogP) is 5.52. The highest BCUT2D eigenvalue weighted by Gasteiger charge is 2.01. The molecule has 0 aliphatic rings. The van der Waals surface area contributed by atoms with Crippen LogP contribution >= 0.6 is 11.6 Å². The van der Waals surface area contributed by atoms with E-state index in [-0.39, 0.29) is 5.78 Å². The van der Waals surface area contributed by atoms with E-state index < -0.39 is 0 Å². The van der Waals surface area contributed by atoms with E-state index in [1.807, 2.05) is 18.2 Å². The lowest BCUT2D eigenvalue weighted by Gasteiger charge is -2.02. The van der Waals surface area contributed by atoms with Gasteiger partial charge in [0.1, 0.15) is 0 Å². The SMILES string of the molecule is C=Cc1ccc(/C=C/C(=O)c2ccc(Cl)cc2)cc1C=C. The molecule has 0 bridgehead atoms. The molecule has 2 rings (SSSR count). The molecule has 0 fully saturated rings. The van der Waals surface area contributed by atoms with Crippen LogP contribution < -0.4 is 0 Å². The molecule has 0 amide bonds. The molecule has 0 unspecified atom stereocenters. The highest BCUT2D eigenvalue weighted by atomic mass is 35.5. The Labute approximate surface area is 129 Å². The van der Waals surface area contributed by atoms with E-state index in [9.17, 15) is 4.79 Å². The maximum absolute atomic E-state index is 12.0. The number of carbonyl (C=O) groups excluding carboxylic acids is 1. The van der Waals surface area contributed by atoms with Crippen molar-refractivity contribution in [2.24, 2.45) is 0 Å². The summed E-state index contributed by atoms with van der Waals surface area (Å²) >= 11 is 5.80. The second kappa shape index (κ2) is 6.87. The molecular weight excluding hydrogens is 280 g/mol. The molecule has 21 heavy (non-hydrogen) atoms. The number of halogens is 1. The summed E-state index contributed by atoms with van der Waals surface area (Å²) in [5, 5.41) is 0.617. The summed E-state index contributed by atoms with van der Waals surface area (Å²) in [7, 11) is 0. The van der Waals surface area contributed by atoms with E-state index in [2.05, 4.69) is 13.2 Å². The number of ketones is 1. The van der Waals surface area contributed by atoms with Gasteiger partial charge in [0.25, 0.3) is 0 Å². The van der Waals surface area contributed by atoms with E-state index in [1.165, 1.54) is 0 Å². The molecule has 0 radical (unpaired) electrons. The molecule has 104 valence electrons. The van der Waals surface area contributed by atoms with Crippen LogP contribution in [0.4, 0.5) is 0 Å². The van der Waals surface area contributed by atoms with Gasteiger partial charge in [0.15, 0.2) is 5.78 Å². The second-order valence-corrected chi connectivity index (χ2v) is 4.94. The Balaban J connectivity index is 2.21. The molecule has 2 aromatic carbocycles. The molecule has 0 N–H and O–H groups in total. The first-order chi connectivity index (χ1) is 10.1. The summed E-state index contributed by atoms with van der Waals surface area (Å²) in [4.78, 5) is 12.0. The zero-order chi connectivity index (χ0) is 15.2. The van der Waals surface area contributed by atoms with Crippen LogP contribution in [0, 0.1) is 0 Å². The van der Waals surface area contributed by atoms with Crippen LogP contribution in [-0.4, -0.2) is 5.78 Å². The van der Waals surface area contributed by atoms with Crippen LogP contribution in [0.25, 0.3) is 18.2 Å². The minimum Gasteiger partial charge on any atom is -0.289 e. The van der Waals surface area contributed by atoms with Gasteiger partial charge in [-0.25, -0.2) is 0 Å². The molecule has 0 heterocycles. The third-order valence-corrected chi connectivity index (χ3v) is 3.36. The normalized spacial score (nSPS) is 10.5. The van der Waals surface area contributed by atoms with Crippen LogP contribution in [-0.2, 0) is 0 Å². The second-order valence-electron chi connectivity index (χ2n) is 4.50. The number of hydrogen-bond acceptors (Lipinski definition) is 1. The minimum absolute atomic E-state index is 0.0559. The van der Waals surface area contributed by atoms with Crippen molar-refractivity contribution < 1.29 is 4.79 Å². The molecule has 0 aliphatic heterocycles. The van der Waals surface area contributed by atoms with E-state index in [0.29, 0.717) is 10.6 Å². The number of rotatable bonds is 5. The zero-order valence-corrected chi connectivity index (χ0v) is 12.3. The first kappa shape index (κ1) is 15.0. The lowest BCUT2D eigenvalue weighted by molar-refractivity contribution is 0.104. The van der Waals surface area contributed by atoms with Crippen molar-refractivity contribution in [3.63, 3.8) is 0 Å². The van der Waals surface area contributed by atoms with Crippen LogP contribution in [0.2, 0.25) is 5.02 Å². The summed E-state index contributed by atoms with van der Waals surface area (Å²) in [6.07, 6.45) is 6.90. The number of allylic oxidation sites excluding steroid dienone is 1. The first-order valence-electron chi connectivity index (χ1n) is 6.51. The Morgan fingerprint density at radius 1 is 0.952 bits per heavy atom. The van der Waals surface area contributed by atoms with Gasteiger partial charge < -0.3 is 0 Å². The van der Waals surface area contributed by atoms with Gasteiger partial charge in [0.2, 0.25) is 0 Å². The van der Waals surface area contributed by atoms with Crippen LogP contribution in [0.3, 0.4) is 0 Å². The Bertz CT molecular complexity index is 709. The fourth-order valence-electron chi connectivity index (χ4n) is 1.94. The smallest absolute Gasteiger partial charge is 0.185 e. The fraction of sp³-hybridized carbons (Fsp3) is 0. The molecule has 2 aromatic rings. The van der Waals surface area contributed by atoms with Gasteiger partial charge in [0, 0.05) is 10.6 Å². The van der Waals surface area contributed by atoms with Crippen molar-refractivity contribution in [1.29, 1.82) is 0 Å². The van der Waals surface area contributed by atoms with Crippen molar-refractivity contribution in [3.8, 4) is 0 Å². The lowest BCUT2D eigenvalue weighted by atomic mass is 10.0. The summed E-state index contributed by atoms with van der Waals surface area (Å²) in [5.41, 5.74) is 3.57. The standard InChI is InChI=1S/C19H15ClO/c1-3-15-7-5-14(13-16(15)4-2)6-12-19(21)17-8-10-18(20)11-9-17/h3-13H,1-2H2/b12-6+. The Kier molecular flexibility index (Phi) is 4.91. The molecule has 0 spiro atoms. The van der Waals surface area contributed by atoms with Gasteiger partial charge in [-0.05, 0) is 53.1 Å². The number of benzene rings is 2. The van der Waals surface area contributed by atoms with E-state index in [4.69, 9.17) is 11.6 Å². The molecule has 2 heteroatoms. The molecule has 0 aromatic heterocycles. The quantitative estimate of drug-likeness (QED) is 0.524. The summed E-state index contributed by atoms with van der Waals surface area (Å²) in [5.74, 6) is -0.0559. The van der Waals surface area contributed by atoms with Crippen LogP contribution in [0.5, 0.6) is 0 Å². The summed E-state index contributed by atoms with van der Waals surface area (Å²) in [6, 6.07) is 12.7. The van der Waals surface area contributed by atoms with Crippen molar-refractivity contribution >= 4 is 35.6 Å². The van der Waals surface area contributed by atoms with Gasteiger partial charge >= 0.3 is 0 Å². The zero-order valence-electron chi connectivity index (χ0n) is 11.6. The Morgan fingerprint density at radius 3 is 2.24 bits per heavy atom. The number of carbonyl (C=O) groups is 1. The third-order valence-electron chi connectivity index (χ3n) is 3.11. The summed E-state index contributed by atoms with van der Waals surface area (Å²) < 4.78 is 0. The van der Waals surface area contributed by atoms with Crippen molar-refractivity contribution in [1.82, 2.24) is 0 Å². The van der Waals surface area contributed by atoms with Gasteiger partial charge in [-0.1, -0.05) is 55.1 Å². The van der Waals surface area contributed by atoms with Crippen molar-refractivity contribution in [2.45, 2.75) is 0 Å². The highest BCUT2D eigenvalue weighted by molar-refractivity contribution is 6.30. The molecule has 1 nitrogen and oxygen atoms in total. The Morgan fingerprint density at radius 2 is 1.62 bits per heavy atom. The van der Waals surface area contributed by atoms with Gasteiger partial charge in [-0.15, -0.1) is 0 Å². The average Bonchev–Trinajstić information content (AvgIpc) is 2.52. The number of hydrogen-bond donors (Lipinski definition) is 0. The van der Waals surface area contributed by atoms with Gasteiger partial charge in [-0.3, -0.25) is 4.79 Å². The van der Waals surface area contributed by atoms with E-state index in [0.717, 1.165) is 16.7 Å². The molecule has 0 aliphatic carbocycles. The highest BCUT2D eigenvalue weighted by Crippen LogP contribution is 2.16. The van der Waals surface area contributed by atoms with E-state index >= 15 is 0 Å². The topological polar surface area (TPSA) is 17.1 Å². The molecule has 0 saturated heterocycles. The molecule has 0 atom stereocenters. The summed E-state index contributed by atoms with van der Waals surface area (Å²) in [6.45, 7) is 7.54. The van der Waals surface area contributed by atoms with E-state index in [1.54, 1.807) is 48.6 Å². The third kappa shape index (κ3) is 3.80. The average molecular weight is 295 g/mol. The molecule has 0 saturated carbocycles. The maximum Gasteiger partial charge on any atom is 0.185 e. The van der Waals surface area contributed by atoms with Gasteiger partial charge in [-0.2, -0.15) is 0 Å².